The molecule has 1 aromatic carbocycles. The van der Waals surface area contributed by atoms with Crippen molar-refractivity contribution in [3.63, 3.8) is 0 Å². The van der Waals surface area contributed by atoms with Crippen LogP contribution in [0.5, 0.6) is 11.5 Å². The fourth-order valence-corrected chi connectivity index (χ4v) is 2.38. The number of likely N-dealkylation sites (N-methyl/N-ethyl adjacent to an activating group) is 1. The van der Waals surface area contributed by atoms with Crippen molar-refractivity contribution < 1.29 is 23.8 Å². The fraction of sp³-hybridized carbons (Fsp3) is 0.556. The van der Waals surface area contributed by atoms with Gasteiger partial charge >= 0.3 is 6.09 Å². The molecule has 7 heteroatoms. The monoisotopic (exact) mass is 350 g/mol. The van der Waals surface area contributed by atoms with Crippen LogP contribution in [0.15, 0.2) is 18.2 Å². The van der Waals surface area contributed by atoms with E-state index in [1.165, 1.54) is 0 Å². The highest BCUT2D eigenvalue weighted by Gasteiger charge is 2.21. The number of carbonyl (C=O) groups excluding carboxylic acids is 2. The quantitative estimate of drug-likeness (QED) is 0.882. The first-order chi connectivity index (χ1) is 11.7. The van der Waals surface area contributed by atoms with Crippen molar-refractivity contribution >= 4 is 12.0 Å². The molecule has 0 aliphatic carbocycles. The van der Waals surface area contributed by atoms with E-state index in [1.54, 1.807) is 32.7 Å². The minimum atomic E-state index is -0.599. The molecule has 1 aliphatic heterocycles. The Kier molecular flexibility index (Phi) is 5.77. The van der Waals surface area contributed by atoms with Gasteiger partial charge in [0.05, 0.1) is 0 Å². The fourth-order valence-electron chi connectivity index (χ4n) is 2.38. The minimum Gasteiger partial charge on any atom is -0.454 e. The number of fused-ring (bicyclic) bond motifs is 1. The van der Waals surface area contributed by atoms with Crippen LogP contribution in [-0.4, -0.2) is 48.9 Å². The summed E-state index contributed by atoms with van der Waals surface area (Å²) in [6.45, 7) is 7.41. The molecule has 7 nitrogen and oxygen atoms in total. The number of nitrogens with one attached hydrogen (secondary N) is 1. The van der Waals surface area contributed by atoms with Gasteiger partial charge in [0, 0.05) is 13.1 Å². The first-order valence-electron chi connectivity index (χ1n) is 8.27. The molecule has 0 bridgehead atoms. The van der Waals surface area contributed by atoms with Gasteiger partial charge in [-0.3, -0.25) is 4.79 Å². The molecule has 2 rings (SSSR count). The van der Waals surface area contributed by atoms with Gasteiger partial charge in [-0.05, 0) is 51.8 Å². The number of carbonyl (C=O) groups is 2. The molecule has 1 atom stereocenters. The van der Waals surface area contributed by atoms with Crippen LogP contribution in [0.25, 0.3) is 0 Å². The largest absolute Gasteiger partial charge is 0.454 e. The zero-order valence-electron chi connectivity index (χ0n) is 15.4. The number of hydrogen-bond donors (Lipinski definition) is 1. The number of nitrogens with zero attached hydrogens (tertiary/aromatic N) is 1. The Hall–Kier alpha value is -2.44. The normalized spacial score (nSPS) is 14.0. The molecule has 25 heavy (non-hydrogen) atoms. The van der Waals surface area contributed by atoms with Crippen LogP contribution in [0.4, 0.5) is 4.79 Å². The summed E-state index contributed by atoms with van der Waals surface area (Å²) in [6.07, 6.45) is 0.0726. The van der Waals surface area contributed by atoms with E-state index >= 15 is 0 Å². The second-order valence-electron chi connectivity index (χ2n) is 7.10. The summed E-state index contributed by atoms with van der Waals surface area (Å²) < 4.78 is 15.8. The second-order valence-corrected chi connectivity index (χ2v) is 7.10. The molecule has 0 spiro atoms. The summed E-state index contributed by atoms with van der Waals surface area (Å²) in [6, 6.07) is 5.72. The molecule has 0 radical (unpaired) electrons. The molecule has 0 saturated carbocycles. The van der Waals surface area contributed by atoms with Crippen molar-refractivity contribution in [2.24, 2.45) is 0 Å². The van der Waals surface area contributed by atoms with Crippen molar-refractivity contribution in [1.82, 2.24) is 10.2 Å². The molecule has 1 unspecified atom stereocenters. The summed E-state index contributed by atoms with van der Waals surface area (Å²) in [7, 11) is 1.72. The van der Waals surface area contributed by atoms with Gasteiger partial charge in [0.1, 0.15) is 12.1 Å². The lowest BCUT2D eigenvalue weighted by atomic mass is 10.1. The first kappa shape index (κ1) is 18.9. The third-order valence-electron chi connectivity index (χ3n) is 3.81. The SMILES string of the molecule is CC(Cc1ccc2c(c1)OCO2)N(C)C(=O)CNC(=O)OC(C)(C)C. The Morgan fingerprint density at radius 3 is 2.64 bits per heavy atom. The first-order valence-corrected chi connectivity index (χ1v) is 8.27. The lowest BCUT2D eigenvalue weighted by Gasteiger charge is -2.26. The van der Waals surface area contributed by atoms with Gasteiger partial charge in [-0.15, -0.1) is 0 Å². The number of benzene rings is 1. The van der Waals surface area contributed by atoms with Gasteiger partial charge in [0.15, 0.2) is 11.5 Å². The summed E-state index contributed by atoms with van der Waals surface area (Å²) in [5.41, 5.74) is 0.461. The minimum absolute atomic E-state index is 0.0340. The van der Waals surface area contributed by atoms with E-state index in [1.807, 2.05) is 25.1 Å². The highest BCUT2D eigenvalue weighted by Crippen LogP contribution is 2.32. The maximum Gasteiger partial charge on any atom is 0.408 e. The van der Waals surface area contributed by atoms with E-state index in [0.717, 1.165) is 17.1 Å². The molecule has 1 aliphatic rings. The van der Waals surface area contributed by atoms with Crippen LogP contribution in [0.3, 0.4) is 0 Å². The van der Waals surface area contributed by atoms with E-state index < -0.39 is 11.7 Å². The van der Waals surface area contributed by atoms with Crippen molar-refractivity contribution in [2.45, 2.75) is 45.8 Å². The summed E-state index contributed by atoms with van der Waals surface area (Å²) >= 11 is 0. The number of ether oxygens (including phenoxy) is 3. The number of alkyl carbamates (subject to hydrolysis) is 1. The molecule has 0 aromatic heterocycles. The van der Waals surface area contributed by atoms with Crippen LogP contribution in [0.2, 0.25) is 0 Å². The maximum absolute atomic E-state index is 12.2. The van der Waals surface area contributed by atoms with Crippen molar-refractivity contribution in [1.29, 1.82) is 0 Å². The van der Waals surface area contributed by atoms with Crippen LogP contribution in [0.1, 0.15) is 33.3 Å². The Labute approximate surface area is 148 Å². The number of hydrogen-bond acceptors (Lipinski definition) is 5. The van der Waals surface area contributed by atoms with Crippen LogP contribution in [-0.2, 0) is 16.0 Å². The summed E-state index contributed by atoms with van der Waals surface area (Å²) in [5, 5.41) is 2.48. The molecular weight excluding hydrogens is 324 g/mol. The van der Waals surface area contributed by atoms with Crippen molar-refractivity contribution in [3.05, 3.63) is 23.8 Å². The standard InChI is InChI=1S/C18H26N2O5/c1-12(8-13-6-7-14-15(9-13)24-11-23-14)20(5)16(21)10-19-17(22)25-18(2,3)4/h6-7,9,12H,8,10-11H2,1-5H3,(H,19,22). The Morgan fingerprint density at radius 1 is 1.28 bits per heavy atom. The summed E-state index contributed by atoms with van der Waals surface area (Å²) in [5.74, 6) is 1.28. The van der Waals surface area contributed by atoms with E-state index in [-0.39, 0.29) is 25.3 Å². The lowest BCUT2D eigenvalue weighted by Crippen LogP contribution is -2.44. The molecule has 1 N–H and O–H groups in total. The zero-order valence-corrected chi connectivity index (χ0v) is 15.4. The molecule has 0 saturated heterocycles. The maximum atomic E-state index is 12.2. The number of rotatable bonds is 5. The molecule has 1 aromatic rings. The van der Waals surface area contributed by atoms with Gasteiger partial charge in [-0.25, -0.2) is 4.79 Å². The van der Waals surface area contributed by atoms with Crippen molar-refractivity contribution in [3.8, 4) is 11.5 Å². The Bertz CT molecular complexity index is 639. The summed E-state index contributed by atoms with van der Waals surface area (Å²) in [4.78, 5) is 25.5. The predicted molar refractivity (Wildman–Crippen MR) is 92.7 cm³/mol. The molecular formula is C18H26N2O5. The van der Waals surface area contributed by atoms with Crippen LogP contribution < -0.4 is 14.8 Å². The second kappa shape index (κ2) is 7.63. The topological polar surface area (TPSA) is 77.1 Å². The van der Waals surface area contributed by atoms with Gasteiger partial charge in [0.2, 0.25) is 12.7 Å². The highest BCUT2D eigenvalue weighted by atomic mass is 16.7. The average Bonchev–Trinajstić information content (AvgIpc) is 2.97. The molecule has 0 fully saturated rings. The van der Waals surface area contributed by atoms with Gasteiger partial charge in [-0.1, -0.05) is 6.07 Å². The highest BCUT2D eigenvalue weighted by molar-refractivity contribution is 5.82. The van der Waals surface area contributed by atoms with Gasteiger partial charge in [0.25, 0.3) is 0 Å². The van der Waals surface area contributed by atoms with Gasteiger partial charge < -0.3 is 24.4 Å². The molecule has 138 valence electrons. The van der Waals surface area contributed by atoms with Crippen LogP contribution >= 0.6 is 0 Å². The molecule has 2 amide bonds. The molecule has 1 heterocycles. The van der Waals surface area contributed by atoms with E-state index in [2.05, 4.69) is 5.32 Å². The van der Waals surface area contributed by atoms with Gasteiger partial charge in [-0.2, -0.15) is 0 Å². The third-order valence-corrected chi connectivity index (χ3v) is 3.81. The average molecular weight is 350 g/mol. The Morgan fingerprint density at radius 2 is 1.96 bits per heavy atom. The van der Waals surface area contributed by atoms with E-state index in [0.29, 0.717) is 6.42 Å². The van der Waals surface area contributed by atoms with E-state index in [9.17, 15) is 9.59 Å². The van der Waals surface area contributed by atoms with Crippen LogP contribution in [0, 0.1) is 0 Å². The Balaban J connectivity index is 1.83. The lowest BCUT2D eigenvalue weighted by molar-refractivity contribution is -0.130. The van der Waals surface area contributed by atoms with E-state index in [4.69, 9.17) is 14.2 Å². The number of amides is 2. The van der Waals surface area contributed by atoms with Crippen molar-refractivity contribution in [2.75, 3.05) is 20.4 Å². The predicted octanol–water partition coefficient (Wildman–Crippen LogP) is 2.33. The zero-order chi connectivity index (χ0) is 18.6. The third kappa shape index (κ3) is 5.55. The smallest absolute Gasteiger partial charge is 0.408 e.